The summed E-state index contributed by atoms with van der Waals surface area (Å²) in [6.07, 6.45) is 5.42. The Kier molecular flexibility index (Phi) is 6.43. The second kappa shape index (κ2) is 8.32. The van der Waals surface area contributed by atoms with Crippen molar-refractivity contribution in [1.82, 2.24) is 5.32 Å². The number of rotatable bonds is 7. The van der Waals surface area contributed by atoms with Gasteiger partial charge in [0.25, 0.3) is 5.91 Å². The molecule has 116 valence electrons. The number of ether oxygens (including phenoxy) is 1. The summed E-state index contributed by atoms with van der Waals surface area (Å²) in [7, 11) is 0. The lowest BCUT2D eigenvalue weighted by Gasteiger charge is -2.12. The maximum absolute atomic E-state index is 11.8. The zero-order valence-corrected chi connectivity index (χ0v) is 13.8. The molecule has 0 aromatic heterocycles. The van der Waals surface area contributed by atoms with Crippen molar-refractivity contribution in [2.24, 2.45) is 0 Å². The summed E-state index contributed by atoms with van der Waals surface area (Å²) in [6, 6.07) is 5.90. The molecule has 4 heteroatoms. The van der Waals surface area contributed by atoms with Crippen LogP contribution in [0.1, 0.15) is 36.8 Å². The number of carbonyl (C=O) groups excluding carboxylic acids is 1. The van der Waals surface area contributed by atoms with Crippen LogP contribution in [0.2, 0.25) is 0 Å². The quantitative estimate of drug-likeness (QED) is 0.784. The van der Waals surface area contributed by atoms with Crippen molar-refractivity contribution >= 4 is 17.7 Å². The molecule has 0 unspecified atom stereocenters. The lowest BCUT2D eigenvalue weighted by molar-refractivity contribution is -0.122. The summed E-state index contributed by atoms with van der Waals surface area (Å²) >= 11 is 1.99. The van der Waals surface area contributed by atoms with Gasteiger partial charge in [0, 0.05) is 17.5 Å². The summed E-state index contributed by atoms with van der Waals surface area (Å²) in [5.74, 6) is 1.76. The summed E-state index contributed by atoms with van der Waals surface area (Å²) in [6.45, 7) is 4.89. The number of hydrogen-bond donors (Lipinski definition) is 1. The molecule has 1 aliphatic rings. The lowest BCUT2D eigenvalue weighted by Crippen LogP contribution is -2.31. The smallest absolute Gasteiger partial charge is 0.257 e. The maximum Gasteiger partial charge on any atom is 0.257 e. The van der Waals surface area contributed by atoms with E-state index in [-0.39, 0.29) is 12.5 Å². The number of hydrogen-bond acceptors (Lipinski definition) is 3. The minimum absolute atomic E-state index is 0.0390. The van der Waals surface area contributed by atoms with Crippen molar-refractivity contribution in [3.63, 3.8) is 0 Å². The Morgan fingerprint density at radius 1 is 1.33 bits per heavy atom. The Morgan fingerprint density at radius 2 is 2.10 bits per heavy atom. The van der Waals surface area contributed by atoms with Crippen LogP contribution >= 0.6 is 11.8 Å². The molecule has 2 rings (SSSR count). The molecule has 1 aliphatic carbocycles. The molecule has 3 nitrogen and oxygen atoms in total. The summed E-state index contributed by atoms with van der Waals surface area (Å²) < 4.78 is 5.59. The highest BCUT2D eigenvalue weighted by atomic mass is 32.2. The molecule has 0 spiro atoms. The Bertz CT molecular complexity index is 470. The van der Waals surface area contributed by atoms with Crippen LogP contribution in [0.15, 0.2) is 18.2 Å². The van der Waals surface area contributed by atoms with Gasteiger partial charge < -0.3 is 10.1 Å². The van der Waals surface area contributed by atoms with Gasteiger partial charge in [0.05, 0.1) is 0 Å². The van der Waals surface area contributed by atoms with Crippen LogP contribution in [0.4, 0.5) is 0 Å². The highest BCUT2D eigenvalue weighted by molar-refractivity contribution is 7.99. The third kappa shape index (κ3) is 5.27. The van der Waals surface area contributed by atoms with E-state index < -0.39 is 0 Å². The third-order valence-electron chi connectivity index (χ3n) is 3.99. The second-order valence-electron chi connectivity index (χ2n) is 5.61. The van der Waals surface area contributed by atoms with Crippen LogP contribution in [-0.4, -0.2) is 30.1 Å². The van der Waals surface area contributed by atoms with Crippen LogP contribution in [0.25, 0.3) is 0 Å². The first kappa shape index (κ1) is 16.2. The third-order valence-corrected chi connectivity index (χ3v) is 5.38. The van der Waals surface area contributed by atoms with E-state index in [4.69, 9.17) is 4.74 Å². The van der Waals surface area contributed by atoms with E-state index in [1.165, 1.54) is 31.2 Å². The van der Waals surface area contributed by atoms with E-state index in [1.807, 2.05) is 43.8 Å². The number of aryl methyl sites for hydroxylation is 1. The minimum atomic E-state index is -0.0390. The van der Waals surface area contributed by atoms with E-state index in [1.54, 1.807) is 0 Å². The zero-order chi connectivity index (χ0) is 15.1. The topological polar surface area (TPSA) is 38.3 Å². The largest absolute Gasteiger partial charge is 0.483 e. The Morgan fingerprint density at radius 3 is 2.86 bits per heavy atom. The molecular formula is C17H25NO2S. The molecule has 0 bridgehead atoms. The maximum atomic E-state index is 11.8. The van der Waals surface area contributed by atoms with Gasteiger partial charge in [0.2, 0.25) is 0 Å². The first-order chi connectivity index (χ1) is 10.2. The Balaban J connectivity index is 1.62. The summed E-state index contributed by atoms with van der Waals surface area (Å²) in [5, 5.41) is 3.74. The minimum Gasteiger partial charge on any atom is -0.483 e. The molecule has 1 aromatic carbocycles. The fourth-order valence-electron chi connectivity index (χ4n) is 2.55. The zero-order valence-electron chi connectivity index (χ0n) is 13.0. The molecule has 0 aliphatic heterocycles. The SMILES string of the molecule is Cc1cccc(OCC(=O)NCCSC2CCCC2)c1C. The Hall–Kier alpha value is -1.16. The van der Waals surface area contributed by atoms with Gasteiger partial charge in [-0.3, -0.25) is 4.79 Å². The average Bonchev–Trinajstić information content (AvgIpc) is 2.98. The van der Waals surface area contributed by atoms with E-state index in [9.17, 15) is 4.79 Å². The van der Waals surface area contributed by atoms with E-state index in [0.29, 0.717) is 0 Å². The highest BCUT2D eigenvalue weighted by Gasteiger charge is 2.14. The Labute approximate surface area is 131 Å². The average molecular weight is 307 g/mol. The molecule has 0 saturated heterocycles. The fraction of sp³-hybridized carbons (Fsp3) is 0.588. The second-order valence-corrected chi connectivity index (χ2v) is 7.02. The van der Waals surface area contributed by atoms with Gasteiger partial charge in [-0.25, -0.2) is 0 Å². The summed E-state index contributed by atoms with van der Waals surface area (Å²) in [4.78, 5) is 11.8. The molecule has 1 aromatic rings. The fourth-order valence-corrected chi connectivity index (χ4v) is 3.77. The monoisotopic (exact) mass is 307 g/mol. The van der Waals surface area contributed by atoms with Gasteiger partial charge in [0.1, 0.15) is 5.75 Å². The van der Waals surface area contributed by atoms with Gasteiger partial charge in [-0.15, -0.1) is 0 Å². The molecule has 1 saturated carbocycles. The van der Waals surface area contributed by atoms with Crippen molar-refractivity contribution in [1.29, 1.82) is 0 Å². The number of nitrogens with one attached hydrogen (secondary N) is 1. The highest BCUT2D eigenvalue weighted by Crippen LogP contribution is 2.28. The predicted molar refractivity (Wildman–Crippen MR) is 89.1 cm³/mol. The van der Waals surface area contributed by atoms with Crippen molar-refractivity contribution in [3.8, 4) is 5.75 Å². The normalized spacial score (nSPS) is 15.1. The van der Waals surface area contributed by atoms with E-state index in [2.05, 4.69) is 5.32 Å². The lowest BCUT2D eigenvalue weighted by atomic mass is 10.1. The van der Waals surface area contributed by atoms with Gasteiger partial charge in [-0.2, -0.15) is 11.8 Å². The van der Waals surface area contributed by atoms with Crippen molar-refractivity contribution in [2.75, 3.05) is 18.9 Å². The summed E-state index contributed by atoms with van der Waals surface area (Å²) in [5.41, 5.74) is 2.28. The molecule has 1 fully saturated rings. The van der Waals surface area contributed by atoms with Crippen LogP contribution in [0.5, 0.6) is 5.75 Å². The molecule has 21 heavy (non-hydrogen) atoms. The van der Waals surface area contributed by atoms with Crippen LogP contribution in [0, 0.1) is 13.8 Å². The van der Waals surface area contributed by atoms with Gasteiger partial charge in [-0.05, 0) is 43.9 Å². The van der Waals surface area contributed by atoms with Crippen LogP contribution in [-0.2, 0) is 4.79 Å². The number of thioether (sulfide) groups is 1. The van der Waals surface area contributed by atoms with Crippen LogP contribution in [0.3, 0.4) is 0 Å². The van der Waals surface area contributed by atoms with Crippen LogP contribution < -0.4 is 10.1 Å². The number of benzene rings is 1. The van der Waals surface area contributed by atoms with Crippen molar-refractivity contribution < 1.29 is 9.53 Å². The van der Waals surface area contributed by atoms with E-state index in [0.717, 1.165) is 28.9 Å². The molecule has 1 amide bonds. The van der Waals surface area contributed by atoms with Gasteiger partial charge >= 0.3 is 0 Å². The van der Waals surface area contributed by atoms with E-state index >= 15 is 0 Å². The molecule has 0 heterocycles. The van der Waals surface area contributed by atoms with Gasteiger partial charge in [-0.1, -0.05) is 25.0 Å². The first-order valence-corrected chi connectivity index (χ1v) is 8.79. The molecular weight excluding hydrogens is 282 g/mol. The number of amides is 1. The molecule has 0 radical (unpaired) electrons. The standard InChI is InChI=1S/C17H25NO2S/c1-13-6-5-9-16(14(13)2)20-12-17(19)18-10-11-21-15-7-3-4-8-15/h5-6,9,15H,3-4,7-8,10-12H2,1-2H3,(H,18,19). The molecule has 0 atom stereocenters. The first-order valence-electron chi connectivity index (χ1n) is 7.74. The predicted octanol–water partition coefficient (Wildman–Crippen LogP) is 3.47. The van der Waals surface area contributed by atoms with Gasteiger partial charge in [0.15, 0.2) is 6.61 Å². The van der Waals surface area contributed by atoms with Crippen molar-refractivity contribution in [3.05, 3.63) is 29.3 Å². The molecule has 1 N–H and O–H groups in total. The number of carbonyl (C=O) groups is 1. The van der Waals surface area contributed by atoms with Crippen molar-refractivity contribution in [2.45, 2.75) is 44.8 Å².